The van der Waals surface area contributed by atoms with Crippen LogP contribution in [-0.2, 0) is 4.79 Å². The van der Waals surface area contributed by atoms with Crippen LogP contribution in [-0.4, -0.2) is 26.1 Å². The molecule has 4 heteroatoms. The zero-order valence-corrected chi connectivity index (χ0v) is 11.0. The molecule has 98 valence electrons. The van der Waals surface area contributed by atoms with Crippen molar-refractivity contribution in [1.82, 2.24) is 5.32 Å². The van der Waals surface area contributed by atoms with E-state index in [1.54, 1.807) is 7.11 Å². The first-order chi connectivity index (χ1) is 8.69. The predicted molar refractivity (Wildman–Crippen MR) is 72.0 cm³/mol. The summed E-state index contributed by atoms with van der Waals surface area (Å²) in [4.78, 5) is 11.9. The first-order valence-electron chi connectivity index (χ1n) is 6.34. The van der Waals surface area contributed by atoms with E-state index in [1.807, 2.05) is 25.1 Å². The van der Waals surface area contributed by atoms with Crippen molar-refractivity contribution in [2.24, 2.45) is 5.92 Å². The van der Waals surface area contributed by atoms with E-state index < -0.39 is 0 Å². The first kappa shape index (κ1) is 12.9. The molecule has 1 heterocycles. The minimum absolute atomic E-state index is 0.0944. The molecule has 2 rings (SSSR count). The molecule has 1 unspecified atom stereocenters. The minimum atomic E-state index is 0.0944. The molecule has 1 aliphatic heterocycles. The van der Waals surface area contributed by atoms with Crippen molar-refractivity contribution in [3.63, 3.8) is 0 Å². The highest BCUT2D eigenvalue weighted by Gasteiger charge is 2.18. The largest absolute Gasteiger partial charge is 0.497 e. The maximum Gasteiger partial charge on any atom is 0.224 e. The van der Waals surface area contributed by atoms with Crippen LogP contribution in [0.4, 0.5) is 5.69 Å². The molecule has 0 aromatic heterocycles. The Morgan fingerprint density at radius 1 is 1.56 bits per heavy atom. The Labute approximate surface area is 108 Å². The molecule has 0 bridgehead atoms. The molecule has 18 heavy (non-hydrogen) atoms. The van der Waals surface area contributed by atoms with Crippen LogP contribution in [0.3, 0.4) is 0 Å². The van der Waals surface area contributed by atoms with Gasteiger partial charge in [-0.05, 0) is 56.1 Å². The zero-order valence-electron chi connectivity index (χ0n) is 11.0. The quantitative estimate of drug-likeness (QED) is 0.856. The highest BCUT2D eigenvalue weighted by Crippen LogP contribution is 2.22. The van der Waals surface area contributed by atoms with Crippen molar-refractivity contribution in [2.75, 3.05) is 25.5 Å². The van der Waals surface area contributed by atoms with Crippen molar-refractivity contribution < 1.29 is 9.53 Å². The number of ether oxygens (including phenoxy) is 1. The summed E-state index contributed by atoms with van der Waals surface area (Å²) in [6.07, 6.45) is 1.69. The zero-order chi connectivity index (χ0) is 13.0. The van der Waals surface area contributed by atoms with Gasteiger partial charge in [0.2, 0.25) is 5.91 Å². The molecule has 1 amide bonds. The summed E-state index contributed by atoms with van der Waals surface area (Å²) in [5.41, 5.74) is 1.89. The van der Waals surface area contributed by atoms with Crippen molar-refractivity contribution in [2.45, 2.75) is 19.8 Å². The van der Waals surface area contributed by atoms with Crippen LogP contribution in [0, 0.1) is 12.8 Å². The van der Waals surface area contributed by atoms with Gasteiger partial charge < -0.3 is 15.4 Å². The number of carbonyl (C=O) groups excluding carboxylic acids is 1. The first-order valence-corrected chi connectivity index (χ1v) is 6.34. The van der Waals surface area contributed by atoms with E-state index in [9.17, 15) is 4.79 Å². The number of methoxy groups -OCH3 is 1. The lowest BCUT2D eigenvalue weighted by atomic mass is 10.0. The van der Waals surface area contributed by atoms with Crippen LogP contribution in [0.2, 0.25) is 0 Å². The molecule has 2 N–H and O–H groups in total. The number of benzene rings is 1. The molecule has 0 radical (unpaired) electrons. The van der Waals surface area contributed by atoms with Crippen molar-refractivity contribution in [1.29, 1.82) is 0 Å². The normalized spacial score (nSPS) is 18.7. The number of aryl methyl sites for hydroxylation is 1. The number of carbonyl (C=O) groups is 1. The van der Waals surface area contributed by atoms with Crippen molar-refractivity contribution in [3.05, 3.63) is 23.8 Å². The Morgan fingerprint density at radius 3 is 3.00 bits per heavy atom. The lowest BCUT2D eigenvalue weighted by molar-refractivity contribution is -0.116. The summed E-state index contributed by atoms with van der Waals surface area (Å²) in [5, 5.41) is 6.24. The van der Waals surface area contributed by atoms with Gasteiger partial charge in [-0.25, -0.2) is 0 Å². The van der Waals surface area contributed by atoms with E-state index in [0.29, 0.717) is 12.3 Å². The topological polar surface area (TPSA) is 50.4 Å². The maximum atomic E-state index is 11.9. The summed E-state index contributed by atoms with van der Waals surface area (Å²) < 4.78 is 5.14. The summed E-state index contributed by atoms with van der Waals surface area (Å²) in [7, 11) is 1.64. The van der Waals surface area contributed by atoms with Gasteiger partial charge in [-0.15, -0.1) is 0 Å². The molecular formula is C14H20N2O2. The Bertz CT molecular complexity index is 426. The van der Waals surface area contributed by atoms with Crippen LogP contribution in [0.5, 0.6) is 5.75 Å². The number of hydrogen-bond acceptors (Lipinski definition) is 3. The van der Waals surface area contributed by atoms with Gasteiger partial charge in [0.1, 0.15) is 5.75 Å². The lowest BCUT2D eigenvalue weighted by Gasteiger charge is -2.12. The van der Waals surface area contributed by atoms with Gasteiger partial charge in [0, 0.05) is 12.1 Å². The SMILES string of the molecule is COc1ccc(NC(=O)CC2CCNC2)c(C)c1. The number of anilines is 1. The van der Waals surface area contributed by atoms with Gasteiger partial charge in [-0.2, -0.15) is 0 Å². The fraction of sp³-hybridized carbons (Fsp3) is 0.500. The molecule has 1 aromatic rings. The second kappa shape index (κ2) is 5.87. The Morgan fingerprint density at radius 2 is 2.39 bits per heavy atom. The third kappa shape index (κ3) is 3.23. The fourth-order valence-electron chi connectivity index (χ4n) is 2.26. The molecule has 0 saturated carbocycles. The van der Waals surface area contributed by atoms with Gasteiger partial charge in [0.05, 0.1) is 7.11 Å². The van der Waals surface area contributed by atoms with E-state index in [2.05, 4.69) is 10.6 Å². The summed E-state index contributed by atoms with van der Waals surface area (Å²) in [6.45, 7) is 3.95. The number of nitrogens with one attached hydrogen (secondary N) is 2. The van der Waals surface area contributed by atoms with Gasteiger partial charge in [-0.3, -0.25) is 4.79 Å². The maximum absolute atomic E-state index is 11.9. The second-order valence-electron chi connectivity index (χ2n) is 4.79. The monoisotopic (exact) mass is 248 g/mol. The third-order valence-electron chi connectivity index (χ3n) is 3.34. The minimum Gasteiger partial charge on any atom is -0.497 e. The van der Waals surface area contributed by atoms with Crippen LogP contribution in [0.15, 0.2) is 18.2 Å². The number of hydrogen-bond donors (Lipinski definition) is 2. The Kier molecular flexibility index (Phi) is 4.20. The van der Waals surface area contributed by atoms with E-state index in [0.717, 1.165) is 36.5 Å². The van der Waals surface area contributed by atoms with Crippen LogP contribution >= 0.6 is 0 Å². The Balaban J connectivity index is 1.93. The molecule has 1 aromatic carbocycles. The van der Waals surface area contributed by atoms with Crippen molar-refractivity contribution in [3.8, 4) is 5.75 Å². The van der Waals surface area contributed by atoms with Crippen LogP contribution in [0.1, 0.15) is 18.4 Å². The molecular weight excluding hydrogens is 228 g/mol. The summed E-state index contributed by atoms with van der Waals surface area (Å²) >= 11 is 0. The van der Waals surface area contributed by atoms with Crippen molar-refractivity contribution >= 4 is 11.6 Å². The summed E-state index contributed by atoms with van der Waals surface area (Å²) in [6, 6.07) is 5.67. The lowest BCUT2D eigenvalue weighted by Crippen LogP contribution is -2.18. The molecule has 0 spiro atoms. The smallest absolute Gasteiger partial charge is 0.224 e. The van der Waals surface area contributed by atoms with Gasteiger partial charge in [0.25, 0.3) is 0 Å². The molecule has 1 saturated heterocycles. The fourth-order valence-corrected chi connectivity index (χ4v) is 2.26. The van der Waals surface area contributed by atoms with Gasteiger partial charge >= 0.3 is 0 Å². The molecule has 1 fully saturated rings. The average molecular weight is 248 g/mol. The molecule has 4 nitrogen and oxygen atoms in total. The third-order valence-corrected chi connectivity index (χ3v) is 3.34. The highest BCUT2D eigenvalue weighted by molar-refractivity contribution is 5.91. The van der Waals surface area contributed by atoms with Gasteiger partial charge in [0.15, 0.2) is 0 Å². The van der Waals surface area contributed by atoms with E-state index in [1.165, 1.54) is 0 Å². The van der Waals surface area contributed by atoms with E-state index in [4.69, 9.17) is 4.74 Å². The second-order valence-corrected chi connectivity index (χ2v) is 4.79. The molecule has 1 atom stereocenters. The van der Waals surface area contributed by atoms with Crippen LogP contribution in [0.25, 0.3) is 0 Å². The average Bonchev–Trinajstić information content (AvgIpc) is 2.84. The Hall–Kier alpha value is -1.55. The molecule has 1 aliphatic rings. The van der Waals surface area contributed by atoms with Crippen LogP contribution < -0.4 is 15.4 Å². The highest BCUT2D eigenvalue weighted by atomic mass is 16.5. The predicted octanol–water partition coefficient (Wildman–Crippen LogP) is 1.94. The van der Waals surface area contributed by atoms with E-state index in [-0.39, 0.29) is 5.91 Å². The standard InChI is InChI=1S/C14H20N2O2/c1-10-7-12(18-2)3-4-13(10)16-14(17)8-11-5-6-15-9-11/h3-4,7,11,15H,5-6,8-9H2,1-2H3,(H,16,17). The molecule has 0 aliphatic carbocycles. The number of amides is 1. The van der Waals surface area contributed by atoms with E-state index >= 15 is 0 Å². The van der Waals surface area contributed by atoms with Gasteiger partial charge in [-0.1, -0.05) is 0 Å². The summed E-state index contributed by atoms with van der Waals surface area (Å²) in [5.74, 6) is 1.38. The number of rotatable bonds is 4.